The second-order valence-electron chi connectivity index (χ2n) is 6.37. The SMILES string of the molecule is CC(C)CNCC1CCN(C2CCOCC2)CC1. The zero-order valence-corrected chi connectivity index (χ0v) is 12.2. The predicted octanol–water partition coefficient (Wildman–Crippen LogP) is 2.12. The van der Waals surface area contributed by atoms with Crippen LogP contribution in [0.4, 0.5) is 0 Å². The van der Waals surface area contributed by atoms with E-state index in [1.807, 2.05) is 0 Å². The van der Waals surface area contributed by atoms with E-state index in [2.05, 4.69) is 24.1 Å². The summed E-state index contributed by atoms with van der Waals surface area (Å²) in [5.41, 5.74) is 0. The van der Waals surface area contributed by atoms with Crippen LogP contribution < -0.4 is 5.32 Å². The van der Waals surface area contributed by atoms with E-state index < -0.39 is 0 Å². The van der Waals surface area contributed by atoms with Gasteiger partial charge in [-0.2, -0.15) is 0 Å². The highest BCUT2D eigenvalue weighted by Crippen LogP contribution is 2.22. The van der Waals surface area contributed by atoms with Crippen LogP contribution in [0.15, 0.2) is 0 Å². The largest absolute Gasteiger partial charge is 0.381 e. The molecule has 2 fully saturated rings. The lowest BCUT2D eigenvalue weighted by Crippen LogP contribution is -2.45. The average molecular weight is 254 g/mol. The van der Waals surface area contributed by atoms with Gasteiger partial charge in [-0.1, -0.05) is 13.8 Å². The third-order valence-electron chi connectivity index (χ3n) is 4.34. The van der Waals surface area contributed by atoms with Crippen molar-refractivity contribution in [2.75, 3.05) is 39.4 Å². The van der Waals surface area contributed by atoms with Crippen LogP contribution in [-0.4, -0.2) is 50.3 Å². The normalized spacial score (nSPS) is 24.8. The number of likely N-dealkylation sites (tertiary alicyclic amines) is 1. The van der Waals surface area contributed by atoms with Crippen LogP contribution in [0.2, 0.25) is 0 Å². The summed E-state index contributed by atoms with van der Waals surface area (Å²) in [6.07, 6.45) is 5.25. The molecule has 0 aromatic carbocycles. The maximum atomic E-state index is 5.45. The third kappa shape index (κ3) is 4.52. The molecule has 0 aliphatic carbocycles. The second-order valence-corrected chi connectivity index (χ2v) is 6.37. The second kappa shape index (κ2) is 7.46. The van der Waals surface area contributed by atoms with Gasteiger partial charge in [0.15, 0.2) is 0 Å². The van der Waals surface area contributed by atoms with Gasteiger partial charge in [-0.25, -0.2) is 0 Å². The molecule has 0 spiro atoms. The minimum Gasteiger partial charge on any atom is -0.381 e. The van der Waals surface area contributed by atoms with E-state index in [1.54, 1.807) is 0 Å². The number of hydrogen-bond donors (Lipinski definition) is 1. The lowest BCUT2D eigenvalue weighted by atomic mass is 9.94. The van der Waals surface area contributed by atoms with Crippen molar-refractivity contribution in [1.82, 2.24) is 10.2 Å². The monoisotopic (exact) mass is 254 g/mol. The van der Waals surface area contributed by atoms with Gasteiger partial charge in [0.1, 0.15) is 0 Å². The van der Waals surface area contributed by atoms with Gasteiger partial charge in [-0.15, -0.1) is 0 Å². The minimum atomic E-state index is 0.771. The highest BCUT2D eigenvalue weighted by Gasteiger charge is 2.26. The molecule has 2 rings (SSSR count). The fourth-order valence-corrected chi connectivity index (χ4v) is 3.15. The van der Waals surface area contributed by atoms with Gasteiger partial charge in [-0.3, -0.25) is 0 Å². The maximum absolute atomic E-state index is 5.45. The Kier molecular flexibility index (Phi) is 5.93. The Labute approximate surface area is 112 Å². The van der Waals surface area contributed by atoms with E-state index in [0.29, 0.717) is 0 Å². The molecule has 1 N–H and O–H groups in total. The highest BCUT2D eigenvalue weighted by atomic mass is 16.5. The molecular weight excluding hydrogens is 224 g/mol. The fraction of sp³-hybridized carbons (Fsp3) is 1.00. The van der Waals surface area contributed by atoms with Gasteiger partial charge < -0.3 is 15.0 Å². The van der Waals surface area contributed by atoms with Crippen LogP contribution in [0.1, 0.15) is 39.5 Å². The lowest BCUT2D eigenvalue weighted by Gasteiger charge is -2.39. The molecule has 0 aromatic heterocycles. The van der Waals surface area contributed by atoms with E-state index >= 15 is 0 Å². The summed E-state index contributed by atoms with van der Waals surface area (Å²) in [6, 6.07) is 0.809. The number of ether oxygens (including phenoxy) is 1. The Morgan fingerprint density at radius 1 is 1.11 bits per heavy atom. The first kappa shape index (κ1) is 14.3. The standard InChI is InChI=1S/C15H30N2O/c1-13(2)11-16-12-14-3-7-17(8-4-14)15-5-9-18-10-6-15/h13-16H,3-12H2,1-2H3. The van der Waals surface area contributed by atoms with Gasteiger partial charge in [-0.05, 0) is 63.7 Å². The molecule has 0 bridgehead atoms. The number of rotatable bonds is 5. The van der Waals surface area contributed by atoms with E-state index in [9.17, 15) is 0 Å². The lowest BCUT2D eigenvalue weighted by molar-refractivity contribution is 0.0211. The molecule has 0 aromatic rings. The number of piperidine rings is 1. The van der Waals surface area contributed by atoms with Gasteiger partial charge in [0, 0.05) is 19.3 Å². The third-order valence-corrected chi connectivity index (χ3v) is 4.34. The first-order valence-electron chi connectivity index (χ1n) is 7.78. The van der Waals surface area contributed by atoms with Crippen molar-refractivity contribution in [2.45, 2.75) is 45.6 Å². The smallest absolute Gasteiger partial charge is 0.0480 e. The predicted molar refractivity (Wildman–Crippen MR) is 75.8 cm³/mol. The minimum absolute atomic E-state index is 0.771. The van der Waals surface area contributed by atoms with Crippen molar-refractivity contribution in [3.63, 3.8) is 0 Å². The molecule has 2 saturated heterocycles. The summed E-state index contributed by atoms with van der Waals surface area (Å²) in [5.74, 6) is 1.67. The highest BCUT2D eigenvalue weighted by molar-refractivity contribution is 4.80. The summed E-state index contributed by atoms with van der Waals surface area (Å²) in [5, 5.41) is 3.61. The summed E-state index contributed by atoms with van der Waals surface area (Å²) in [7, 11) is 0. The van der Waals surface area contributed by atoms with E-state index in [0.717, 1.165) is 31.1 Å². The quantitative estimate of drug-likeness (QED) is 0.813. The van der Waals surface area contributed by atoms with E-state index in [1.165, 1.54) is 51.9 Å². The number of hydrogen-bond acceptors (Lipinski definition) is 3. The zero-order chi connectivity index (χ0) is 12.8. The van der Waals surface area contributed by atoms with Crippen LogP contribution in [0.3, 0.4) is 0 Å². The van der Waals surface area contributed by atoms with E-state index in [-0.39, 0.29) is 0 Å². The molecule has 2 heterocycles. The molecular formula is C15H30N2O. The van der Waals surface area contributed by atoms with Gasteiger partial charge in [0.05, 0.1) is 0 Å². The molecule has 2 aliphatic heterocycles. The molecule has 0 radical (unpaired) electrons. The van der Waals surface area contributed by atoms with E-state index in [4.69, 9.17) is 4.74 Å². The van der Waals surface area contributed by atoms with Crippen molar-refractivity contribution >= 4 is 0 Å². The summed E-state index contributed by atoms with van der Waals surface area (Å²) >= 11 is 0. The molecule has 0 unspecified atom stereocenters. The van der Waals surface area contributed by atoms with Crippen LogP contribution in [0, 0.1) is 11.8 Å². The Hall–Kier alpha value is -0.120. The molecule has 18 heavy (non-hydrogen) atoms. The van der Waals surface area contributed by atoms with Crippen molar-refractivity contribution in [2.24, 2.45) is 11.8 Å². The van der Waals surface area contributed by atoms with Crippen molar-refractivity contribution in [3.05, 3.63) is 0 Å². The average Bonchev–Trinajstić information content (AvgIpc) is 2.40. The summed E-state index contributed by atoms with van der Waals surface area (Å²) < 4.78 is 5.45. The van der Waals surface area contributed by atoms with Crippen molar-refractivity contribution in [1.29, 1.82) is 0 Å². The molecule has 0 amide bonds. The molecule has 0 saturated carbocycles. The van der Waals surface area contributed by atoms with Crippen LogP contribution in [0.25, 0.3) is 0 Å². The fourth-order valence-electron chi connectivity index (χ4n) is 3.15. The van der Waals surface area contributed by atoms with Crippen molar-refractivity contribution in [3.8, 4) is 0 Å². The molecule has 3 nitrogen and oxygen atoms in total. The summed E-state index contributed by atoms with van der Waals surface area (Å²) in [6.45, 7) is 11.5. The Morgan fingerprint density at radius 2 is 1.78 bits per heavy atom. The first-order valence-corrected chi connectivity index (χ1v) is 7.78. The maximum Gasteiger partial charge on any atom is 0.0480 e. The van der Waals surface area contributed by atoms with Gasteiger partial charge >= 0.3 is 0 Å². The molecule has 106 valence electrons. The van der Waals surface area contributed by atoms with Crippen molar-refractivity contribution < 1.29 is 4.74 Å². The summed E-state index contributed by atoms with van der Waals surface area (Å²) in [4.78, 5) is 2.71. The van der Waals surface area contributed by atoms with Crippen LogP contribution in [-0.2, 0) is 4.74 Å². The first-order chi connectivity index (χ1) is 8.75. The topological polar surface area (TPSA) is 24.5 Å². The zero-order valence-electron chi connectivity index (χ0n) is 12.2. The Morgan fingerprint density at radius 3 is 2.39 bits per heavy atom. The molecule has 3 heteroatoms. The van der Waals surface area contributed by atoms with Gasteiger partial charge in [0.25, 0.3) is 0 Å². The Bertz CT molecular complexity index is 219. The number of nitrogens with zero attached hydrogens (tertiary/aromatic N) is 1. The van der Waals surface area contributed by atoms with Gasteiger partial charge in [0.2, 0.25) is 0 Å². The molecule has 2 aliphatic rings. The van der Waals surface area contributed by atoms with Crippen LogP contribution in [0.5, 0.6) is 0 Å². The van der Waals surface area contributed by atoms with Crippen LogP contribution >= 0.6 is 0 Å². The molecule has 0 atom stereocenters. The number of nitrogens with one attached hydrogen (secondary N) is 1. The Balaban J connectivity index is 1.61.